The van der Waals surface area contributed by atoms with E-state index < -0.39 is 35.7 Å². The van der Waals surface area contributed by atoms with Crippen LogP contribution in [0.2, 0.25) is 0 Å². The highest BCUT2D eigenvalue weighted by Gasteiger charge is 2.34. The molecule has 0 aromatic rings. The average molecular weight is 316 g/mol. The van der Waals surface area contributed by atoms with E-state index in [2.05, 4.69) is 0 Å². The molecule has 1 aliphatic carbocycles. The molecular weight excluding hydrogens is 288 g/mol. The zero-order valence-electron chi connectivity index (χ0n) is 14.4. The van der Waals surface area contributed by atoms with Crippen molar-refractivity contribution < 1.29 is 28.5 Å². The molecule has 1 rings (SSSR count). The minimum absolute atomic E-state index is 0.490. The fourth-order valence-corrected chi connectivity index (χ4v) is 2.13. The summed E-state index contributed by atoms with van der Waals surface area (Å²) < 4.78 is 20.9. The van der Waals surface area contributed by atoms with E-state index in [4.69, 9.17) is 18.9 Å². The molecule has 0 radical (unpaired) electrons. The van der Waals surface area contributed by atoms with Crippen LogP contribution in [0.15, 0.2) is 0 Å². The van der Waals surface area contributed by atoms with Gasteiger partial charge in [-0.25, -0.2) is 9.59 Å². The Morgan fingerprint density at radius 2 is 1.05 bits per heavy atom. The summed E-state index contributed by atoms with van der Waals surface area (Å²) in [5.41, 5.74) is -1.24. The SMILES string of the molecule is CC(C)(C)OC(=O)OC1CCCCC1OC(=O)OC(C)(C)C. The van der Waals surface area contributed by atoms with Gasteiger partial charge in [-0.05, 0) is 67.2 Å². The van der Waals surface area contributed by atoms with Crippen molar-refractivity contribution in [3.05, 3.63) is 0 Å². The standard InChI is InChI=1S/C16H28O6/c1-15(2,3)21-13(17)19-11-9-7-8-10-12(11)20-14(18)22-16(4,5)6/h11-12H,7-10H2,1-6H3. The molecule has 0 aliphatic heterocycles. The molecule has 2 atom stereocenters. The molecule has 0 heterocycles. The van der Waals surface area contributed by atoms with Gasteiger partial charge in [-0.3, -0.25) is 0 Å². The predicted octanol–water partition coefficient (Wildman–Crippen LogP) is 4.20. The smallest absolute Gasteiger partial charge is 0.429 e. The Kier molecular flexibility index (Phi) is 6.08. The van der Waals surface area contributed by atoms with Crippen molar-refractivity contribution in [1.82, 2.24) is 0 Å². The van der Waals surface area contributed by atoms with Crippen LogP contribution in [0.1, 0.15) is 67.2 Å². The maximum atomic E-state index is 11.8. The lowest BCUT2D eigenvalue weighted by Gasteiger charge is -2.31. The van der Waals surface area contributed by atoms with E-state index in [0.29, 0.717) is 12.8 Å². The molecule has 1 saturated carbocycles. The second-order valence-electron chi connectivity index (χ2n) is 7.53. The maximum Gasteiger partial charge on any atom is 0.509 e. The van der Waals surface area contributed by atoms with Gasteiger partial charge in [0.05, 0.1) is 0 Å². The Morgan fingerprint density at radius 3 is 1.32 bits per heavy atom. The number of carbonyl (C=O) groups is 2. The molecule has 6 nitrogen and oxygen atoms in total. The van der Waals surface area contributed by atoms with Crippen LogP contribution in [0.5, 0.6) is 0 Å². The molecule has 2 unspecified atom stereocenters. The van der Waals surface area contributed by atoms with Gasteiger partial charge in [-0.1, -0.05) is 0 Å². The first kappa shape index (κ1) is 18.6. The second kappa shape index (κ2) is 7.20. The van der Waals surface area contributed by atoms with E-state index in [9.17, 15) is 9.59 Å². The second-order valence-corrected chi connectivity index (χ2v) is 7.53. The van der Waals surface area contributed by atoms with Gasteiger partial charge in [-0.15, -0.1) is 0 Å². The number of rotatable bonds is 2. The van der Waals surface area contributed by atoms with Crippen LogP contribution in [-0.4, -0.2) is 35.7 Å². The van der Waals surface area contributed by atoms with E-state index in [0.717, 1.165) is 12.8 Å². The van der Waals surface area contributed by atoms with E-state index in [1.54, 1.807) is 41.5 Å². The molecule has 0 bridgehead atoms. The van der Waals surface area contributed by atoms with Crippen molar-refractivity contribution in [2.75, 3.05) is 0 Å². The molecule has 0 aromatic carbocycles. The highest BCUT2D eigenvalue weighted by Crippen LogP contribution is 2.26. The van der Waals surface area contributed by atoms with Crippen LogP contribution in [-0.2, 0) is 18.9 Å². The molecular formula is C16H28O6. The van der Waals surface area contributed by atoms with Crippen molar-refractivity contribution in [1.29, 1.82) is 0 Å². The summed E-state index contributed by atoms with van der Waals surface area (Å²) in [7, 11) is 0. The van der Waals surface area contributed by atoms with Gasteiger partial charge in [0.1, 0.15) is 23.4 Å². The van der Waals surface area contributed by atoms with Crippen LogP contribution in [0.3, 0.4) is 0 Å². The number of ether oxygens (including phenoxy) is 4. The zero-order valence-corrected chi connectivity index (χ0v) is 14.4. The lowest BCUT2D eigenvalue weighted by Crippen LogP contribution is -2.40. The van der Waals surface area contributed by atoms with Crippen LogP contribution >= 0.6 is 0 Å². The Hall–Kier alpha value is -1.46. The molecule has 1 fully saturated rings. The molecule has 0 aromatic heterocycles. The summed E-state index contributed by atoms with van der Waals surface area (Å²) >= 11 is 0. The summed E-state index contributed by atoms with van der Waals surface area (Å²) in [5, 5.41) is 0. The molecule has 22 heavy (non-hydrogen) atoms. The van der Waals surface area contributed by atoms with Crippen molar-refractivity contribution in [3.63, 3.8) is 0 Å². The van der Waals surface area contributed by atoms with Gasteiger partial charge >= 0.3 is 12.3 Å². The third-order valence-electron chi connectivity index (χ3n) is 2.92. The summed E-state index contributed by atoms with van der Waals surface area (Å²) in [5.74, 6) is 0. The normalized spacial score (nSPS) is 22.6. The topological polar surface area (TPSA) is 71.1 Å². The van der Waals surface area contributed by atoms with Crippen molar-refractivity contribution in [2.24, 2.45) is 0 Å². The van der Waals surface area contributed by atoms with Crippen LogP contribution in [0.4, 0.5) is 9.59 Å². The van der Waals surface area contributed by atoms with Gasteiger partial charge in [0.15, 0.2) is 0 Å². The Labute approximate surface area is 132 Å². The first-order valence-electron chi connectivity index (χ1n) is 7.75. The fourth-order valence-electron chi connectivity index (χ4n) is 2.13. The summed E-state index contributed by atoms with van der Waals surface area (Å²) in [4.78, 5) is 23.5. The Bertz CT molecular complexity index is 352. The van der Waals surface area contributed by atoms with Crippen LogP contribution < -0.4 is 0 Å². The minimum atomic E-state index is -0.739. The van der Waals surface area contributed by atoms with Gasteiger partial charge in [0.25, 0.3) is 0 Å². The molecule has 6 heteroatoms. The maximum absolute atomic E-state index is 11.8. The third kappa shape index (κ3) is 7.52. The summed E-state index contributed by atoms with van der Waals surface area (Å²) in [6.45, 7) is 10.6. The monoisotopic (exact) mass is 316 g/mol. The highest BCUT2D eigenvalue weighted by atomic mass is 16.8. The van der Waals surface area contributed by atoms with E-state index in [-0.39, 0.29) is 0 Å². The first-order valence-corrected chi connectivity index (χ1v) is 7.75. The van der Waals surface area contributed by atoms with Crippen molar-refractivity contribution in [3.8, 4) is 0 Å². The molecule has 0 spiro atoms. The summed E-state index contributed by atoms with van der Waals surface area (Å²) in [6, 6.07) is 0. The lowest BCUT2D eigenvalue weighted by atomic mass is 9.94. The fraction of sp³-hybridized carbons (Fsp3) is 0.875. The van der Waals surface area contributed by atoms with Gasteiger partial charge in [0.2, 0.25) is 0 Å². The molecule has 0 N–H and O–H groups in total. The van der Waals surface area contributed by atoms with Gasteiger partial charge in [0, 0.05) is 0 Å². The quantitative estimate of drug-likeness (QED) is 0.711. The molecule has 0 saturated heterocycles. The largest absolute Gasteiger partial charge is 0.509 e. The van der Waals surface area contributed by atoms with Gasteiger partial charge in [-0.2, -0.15) is 0 Å². The predicted molar refractivity (Wildman–Crippen MR) is 80.7 cm³/mol. The highest BCUT2D eigenvalue weighted by molar-refractivity contribution is 5.62. The molecule has 1 aliphatic rings. The minimum Gasteiger partial charge on any atom is -0.429 e. The van der Waals surface area contributed by atoms with Crippen LogP contribution in [0.25, 0.3) is 0 Å². The van der Waals surface area contributed by atoms with Gasteiger partial charge < -0.3 is 18.9 Å². The molecule has 0 amide bonds. The lowest BCUT2D eigenvalue weighted by molar-refractivity contribution is -0.0953. The first-order chi connectivity index (χ1) is 9.96. The van der Waals surface area contributed by atoms with Crippen molar-refractivity contribution >= 4 is 12.3 Å². The Morgan fingerprint density at radius 1 is 0.727 bits per heavy atom. The summed E-state index contributed by atoms with van der Waals surface area (Å²) in [6.07, 6.45) is 0.671. The third-order valence-corrected chi connectivity index (χ3v) is 2.92. The Balaban J connectivity index is 2.56. The van der Waals surface area contributed by atoms with E-state index in [1.165, 1.54) is 0 Å². The molecule has 128 valence electrons. The van der Waals surface area contributed by atoms with E-state index >= 15 is 0 Å². The number of carbonyl (C=O) groups excluding carboxylic acids is 2. The zero-order chi connectivity index (χ0) is 17.0. The number of hydrogen-bond acceptors (Lipinski definition) is 6. The number of hydrogen-bond donors (Lipinski definition) is 0. The van der Waals surface area contributed by atoms with E-state index in [1.807, 2.05) is 0 Å². The van der Waals surface area contributed by atoms with Crippen molar-refractivity contribution in [2.45, 2.75) is 90.6 Å². The average Bonchev–Trinajstić information content (AvgIpc) is 2.26. The van der Waals surface area contributed by atoms with Crippen LogP contribution in [0, 0.1) is 0 Å².